The summed E-state index contributed by atoms with van der Waals surface area (Å²) in [5, 5.41) is 30.4. The third-order valence-electron chi connectivity index (χ3n) is 4.92. The van der Waals surface area contributed by atoms with E-state index < -0.39 is 50.7 Å². The largest absolute Gasteiger partial charge is 0.394 e. The second-order valence-corrected chi connectivity index (χ2v) is 7.44. The van der Waals surface area contributed by atoms with Crippen molar-refractivity contribution in [3.05, 3.63) is 71.8 Å². The van der Waals surface area contributed by atoms with Crippen molar-refractivity contribution in [2.24, 2.45) is 0 Å². The predicted octanol–water partition coefficient (Wildman–Crippen LogP) is 1.48. The fraction of sp³-hybridized carbons (Fsp3) is 0.520. The SMILES string of the molecule is [2H]C(OC)O[C@H]([C@@H](O)[C@H](O)CO)[C@H](OCc1ccccc1)[C@@H](COCc1ccccc1)OC([2H])OC. The van der Waals surface area contributed by atoms with Gasteiger partial charge in [-0.05, 0) is 11.1 Å². The van der Waals surface area contributed by atoms with E-state index in [9.17, 15) is 15.3 Å². The van der Waals surface area contributed by atoms with E-state index in [4.69, 9.17) is 31.2 Å². The highest BCUT2D eigenvalue weighted by molar-refractivity contribution is 5.14. The summed E-state index contributed by atoms with van der Waals surface area (Å²) in [5.74, 6) is 0. The molecule has 34 heavy (non-hydrogen) atoms. The van der Waals surface area contributed by atoms with E-state index in [2.05, 4.69) is 0 Å². The van der Waals surface area contributed by atoms with Crippen LogP contribution in [-0.2, 0) is 41.6 Å². The van der Waals surface area contributed by atoms with Crippen LogP contribution in [0.4, 0.5) is 0 Å². The third kappa shape index (κ3) is 9.75. The standard InChI is InChI=1S/C25H36O9/c1-29-17-33-22(16-31-14-19-9-5-3-6-10-19)24(32-15-20-11-7-4-8-12-20)25(34-18-30-2)23(28)21(27)13-26/h3-12,21-28H,13-18H2,1-2H3/t21-,22-,23+,24-,25-/m1/s1/i17D,18D/t17?,18?,21-,22-,23+,24-,25-. The zero-order valence-electron chi connectivity index (χ0n) is 21.4. The van der Waals surface area contributed by atoms with Crippen LogP contribution in [0.3, 0.4) is 0 Å². The van der Waals surface area contributed by atoms with Gasteiger partial charge in [-0.15, -0.1) is 0 Å². The maximum absolute atomic E-state index is 10.8. The van der Waals surface area contributed by atoms with Gasteiger partial charge in [-0.2, -0.15) is 0 Å². The normalized spacial score (nSPS) is 18.7. The zero-order chi connectivity index (χ0) is 26.3. The number of aliphatic hydroxyl groups excluding tert-OH is 3. The van der Waals surface area contributed by atoms with Crippen molar-refractivity contribution in [3.63, 3.8) is 0 Å². The Hall–Kier alpha value is -1.92. The lowest BCUT2D eigenvalue weighted by molar-refractivity contribution is -0.230. The maximum Gasteiger partial charge on any atom is 0.146 e. The van der Waals surface area contributed by atoms with Crippen LogP contribution in [0.1, 0.15) is 13.9 Å². The molecule has 0 bridgehead atoms. The lowest BCUT2D eigenvalue weighted by atomic mass is 9.98. The average Bonchev–Trinajstić information content (AvgIpc) is 2.92. The van der Waals surface area contributed by atoms with Crippen molar-refractivity contribution in [1.29, 1.82) is 0 Å². The molecule has 0 fully saturated rings. The molecule has 0 heterocycles. The molecule has 0 saturated heterocycles. The molecular formula is C25H36O9. The summed E-state index contributed by atoms with van der Waals surface area (Å²) in [6.07, 6.45) is -6.93. The van der Waals surface area contributed by atoms with Crippen LogP contribution in [0.2, 0.25) is 0 Å². The van der Waals surface area contributed by atoms with Crippen LogP contribution >= 0.6 is 0 Å². The first-order valence-electron chi connectivity index (χ1n) is 12.0. The average molecular weight is 483 g/mol. The predicted molar refractivity (Wildman–Crippen MR) is 124 cm³/mol. The molecule has 0 spiro atoms. The molecule has 7 atom stereocenters. The van der Waals surface area contributed by atoms with Gasteiger partial charge in [-0.3, -0.25) is 0 Å². The first-order valence-corrected chi connectivity index (χ1v) is 10.8. The number of aliphatic hydroxyl groups is 3. The molecule has 2 rings (SSSR count). The van der Waals surface area contributed by atoms with Crippen molar-refractivity contribution in [2.45, 2.75) is 43.7 Å². The molecule has 3 N–H and O–H groups in total. The Morgan fingerprint density at radius 3 is 1.88 bits per heavy atom. The first-order chi connectivity index (χ1) is 17.4. The monoisotopic (exact) mass is 482 g/mol. The van der Waals surface area contributed by atoms with Gasteiger partial charge >= 0.3 is 0 Å². The van der Waals surface area contributed by atoms with Gasteiger partial charge in [0.05, 0.1) is 29.2 Å². The fourth-order valence-corrected chi connectivity index (χ4v) is 3.18. The maximum atomic E-state index is 10.8. The van der Waals surface area contributed by atoms with Crippen molar-refractivity contribution in [2.75, 3.05) is 41.0 Å². The molecule has 2 aromatic carbocycles. The summed E-state index contributed by atoms with van der Waals surface area (Å²) < 4.78 is 48.9. The quantitative estimate of drug-likeness (QED) is 0.272. The second-order valence-electron chi connectivity index (χ2n) is 7.44. The lowest BCUT2D eigenvalue weighted by Gasteiger charge is -2.36. The molecule has 0 aromatic heterocycles. The van der Waals surface area contributed by atoms with E-state index in [1.807, 2.05) is 60.7 Å². The second kappa shape index (κ2) is 16.7. The Morgan fingerprint density at radius 1 is 0.765 bits per heavy atom. The summed E-state index contributed by atoms with van der Waals surface area (Å²) in [6.45, 7) is -3.56. The van der Waals surface area contributed by atoms with Gasteiger partial charge in [-0.1, -0.05) is 60.7 Å². The number of hydrogen-bond donors (Lipinski definition) is 3. The van der Waals surface area contributed by atoms with E-state index in [0.717, 1.165) is 11.1 Å². The third-order valence-corrected chi connectivity index (χ3v) is 4.92. The minimum Gasteiger partial charge on any atom is -0.394 e. The van der Waals surface area contributed by atoms with Gasteiger partial charge in [0.2, 0.25) is 0 Å². The van der Waals surface area contributed by atoms with Crippen molar-refractivity contribution in [3.8, 4) is 0 Å². The number of ether oxygens (including phenoxy) is 6. The number of rotatable bonds is 18. The first kappa shape index (κ1) is 25.2. The molecule has 0 aliphatic rings. The van der Waals surface area contributed by atoms with E-state index >= 15 is 0 Å². The van der Waals surface area contributed by atoms with Crippen molar-refractivity contribution >= 4 is 0 Å². The number of benzene rings is 2. The summed E-state index contributed by atoms with van der Waals surface area (Å²) in [5.41, 5.74) is 1.70. The minimum absolute atomic E-state index is 0.0527. The summed E-state index contributed by atoms with van der Waals surface area (Å²) in [4.78, 5) is 0. The Bertz CT molecular complexity index is 818. The summed E-state index contributed by atoms with van der Waals surface area (Å²) in [6, 6.07) is 18.6. The van der Waals surface area contributed by atoms with E-state index in [0.29, 0.717) is 0 Å². The van der Waals surface area contributed by atoms with Crippen LogP contribution in [-0.4, -0.2) is 86.8 Å². The molecular weight excluding hydrogens is 444 g/mol. The van der Waals surface area contributed by atoms with E-state index in [1.165, 1.54) is 14.2 Å². The molecule has 0 radical (unpaired) electrons. The van der Waals surface area contributed by atoms with Gasteiger partial charge < -0.3 is 43.7 Å². The highest BCUT2D eigenvalue weighted by Gasteiger charge is 2.40. The smallest absolute Gasteiger partial charge is 0.146 e. The Kier molecular flexibility index (Phi) is 12.3. The topological polar surface area (TPSA) is 116 Å². The van der Waals surface area contributed by atoms with Crippen LogP contribution in [0, 0.1) is 0 Å². The molecule has 190 valence electrons. The molecule has 9 heteroatoms. The minimum atomic E-state index is -1.69. The van der Waals surface area contributed by atoms with Crippen LogP contribution < -0.4 is 0 Å². The van der Waals surface area contributed by atoms with Crippen LogP contribution in [0.5, 0.6) is 0 Å². The van der Waals surface area contributed by atoms with Crippen LogP contribution in [0.15, 0.2) is 60.7 Å². The number of hydrogen-bond acceptors (Lipinski definition) is 9. The Morgan fingerprint density at radius 2 is 1.32 bits per heavy atom. The van der Waals surface area contributed by atoms with Crippen LogP contribution in [0.25, 0.3) is 0 Å². The van der Waals surface area contributed by atoms with E-state index in [1.54, 1.807) is 0 Å². The lowest BCUT2D eigenvalue weighted by Crippen LogP contribution is -2.54. The molecule has 0 aliphatic heterocycles. The summed E-state index contributed by atoms with van der Waals surface area (Å²) in [7, 11) is 2.54. The fourth-order valence-electron chi connectivity index (χ4n) is 3.18. The molecule has 2 unspecified atom stereocenters. The van der Waals surface area contributed by atoms with Gasteiger partial charge in [0, 0.05) is 14.2 Å². The van der Waals surface area contributed by atoms with E-state index in [-0.39, 0.29) is 19.8 Å². The van der Waals surface area contributed by atoms with Gasteiger partial charge in [0.1, 0.15) is 44.1 Å². The molecule has 0 aliphatic carbocycles. The van der Waals surface area contributed by atoms with Gasteiger partial charge in [-0.25, -0.2) is 0 Å². The summed E-state index contributed by atoms with van der Waals surface area (Å²) >= 11 is 0. The molecule has 2 aromatic rings. The van der Waals surface area contributed by atoms with Crippen molar-refractivity contribution < 1.29 is 46.5 Å². The molecule has 0 saturated carbocycles. The number of methoxy groups -OCH3 is 2. The molecule has 0 amide bonds. The zero-order valence-corrected chi connectivity index (χ0v) is 19.4. The van der Waals surface area contributed by atoms with Gasteiger partial charge in [0.15, 0.2) is 0 Å². The van der Waals surface area contributed by atoms with Gasteiger partial charge in [0.25, 0.3) is 0 Å². The Balaban J connectivity index is 2.34. The van der Waals surface area contributed by atoms with Crippen molar-refractivity contribution in [1.82, 2.24) is 0 Å². The highest BCUT2D eigenvalue weighted by atomic mass is 16.7. The highest BCUT2D eigenvalue weighted by Crippen LogP contribution is 2.21. The molecule has 9 nitrogen and oxygen atoms in total. The Labute approximate surface area is 203 Å².